The number of hydrogen-bond donors (Lipinski definition) is 1. The van der Waals surface area contributed by atoms with E-state index in [0.29, 0.717) is 13.3 Å². The first-order chi connectivity index (χ1) is 6.92. The Balaban J connectivity index is 2.17. The number of ether oxygens (including phenoxy) is 1. The van der Waals surface area contributed by atoms with E-state index >= 15 is 0 Å². The van der Waals surface area contributed by atoms with Crippen LogP contribution in [0.4, 0.5) is 0 Å². The molecule has 2 rings (SSSR count). The first-order valence-corrected chi connectivity index (χ1v) is 4.56. The summed E-state index contributed by atoms with van der Waals surface area (Å²) in [6.07, 6.45) is 1.86. The number of aliphatic hydroxyl groups is 1. The Hall–Kier alpha value is -1.32. The van der Waals surface area contributed by atoms with Crippen LogP contribution in [0.15, 0.2) is 30.5 Å². The molecule has 2 aromatic rings. The first-order valence-electron chi connectivity index (χ1n) is 4.56. The van der Waals surface area contributed by atoms with Gasteiger partial charge in [0.15, 0.2) is 0 Å². The van der Waals surface area contributed by atoms with Gasteiger partial charge in [-0.2, -0.15) is 0 Å². The SMILES string of the molecule is OCCOCn1c[c]c2ccccc21. The molecule has 1 radical (unpaired) electrons. The summed E-state index contributed by atoms with van der Waals surface area (Å²) in [6, 6.07) is 11.1. The van der Waals surface area contributed by atoms with Gasteiger partial charge in [-0.15, -0.1) is 0 Å². The summed E-state index contributed by atoms with van der Waals surface area (Å²) in [6.45, 7) is 0.889. The second-order valence-electron chi connectivity index (χ2n) is 3.02. The Kier molecular flexibility index (Phi) is 2.81. The van der Waals surface area contributed by atoms with Crippen LogP contribution in [0, 0.1) is 6.07 Å². The van der Waals surface area contributed by atoms with Gasteiger partial charge in [0.25, 0.3) is 0 Å². The van der Waals surface area contributed by atoms with Crippen LogP contribution in [0.2, 0.25) is 0 Å². The molecule has 0 saturated carbocycles. The molecule has 0 bridgehead atoms. The molecule has 0 saturated heterocycles. The van der Waals surface area contributed by atoms with Crippen molar-refractivity contribution in [2.24, 2.45) is 0 Å². The average Bonchev–Trinajstić information content (AvgIpc) is 2.63. The molecular formula is C11H12NO2. The minimum Gasteiger partial charge on any atom is -0.394 e. The van der Waals surface area contributed by atoms with Crippen LogP contribution in [-0.2, 0) is 11.5 Å². The van der Waals surface area contributed by atoms with E-state index in [2.05, 4.69) is 6.07 Å². The third-order valence-electron chi connectivity index (χ3n) is 2.06. The van der Waals surface area contributed by atoms with E-state index in [0.717, 1.165) is 10.9 Å². The predicted molar refractivity (Wildman–Crippen MR) is 53.8 cm³/mol. The highest BCUT2D eigenvalue weighted by atomic mass is 16.5. The van der Waals surface area contributed by atoms with Crippen molar-refractivity contribution in [3.05, 3.63) is 36.5 Å². The van der Waals surface area contributed by atoms with Gasteiger partial charge in [0.2, 0.25) is 0 Å². The van der Waals surface area contributed by atoms with Crippen molar-refractivity contribution in [2.75, 3.05) is 13.2 Å². The van der Waals surface area contributed by atoms with Crippen LogP contribution in [-0.4, -0.2) is 22.9 Å². The van der Waals surface area contributed by atoms with E-state index in [9.17, 15) is 0 Å². The highest BCUT2D eigenvalue weighted by Gasteiger charge is 1.98. The molecule has 0 fully saturated rings. The fourth-order valence-electron chi connectivity index (χ4n) is 1.40. The van der Waals surface area contributed by atoms with Crippen molar-refractivity contribution in [3.63, 3.8) is 0 Å². The van der Waals surface area contributed by atoms with Crippen LogP contribution >= 0.6 is 0 Å². The van der Waals surface area contributed by atoms with Gasteiger partial charge in [-0.25, -0.2) is 0 Å². The van der Waals surface area contributed by atoms with Gasteiger partial charge < -0.3 is 14.4 Å². The lowest BCUT2D eigenvalue weighted by molar-refractivity contribution is 0.0504. The molecule has 0 amide bonds. The Morgan fingerprint density at radius 1 is 1.36 bits per heavy atom. The molecule has 0 spiro atoms. The second kappa shape index (κ2) is 4.26. The standard InChI is InChI=1S/C11H12NO2/c13-7-8-14-9-12-6-5-10-3-1-2-4-11(10)12/h1-4,6,13H,7-9H2. The van der Waals surface area contributed by atoms with Crippen LogP contribution in [0.25, 0.3) is 10.9 Å². The maximum atomic E-state index is 8.57. The summed E-state index contributed by atoms with van der Waals surface area (Å²) in [7, 11) is 0. The molecule has 1 heterocycles. The molecule has 73 valence electrons. The number of rotatable bonds is 4. The molecule has 1 N–H and O–H groups in total. The Morgan fingerprint density at radius 3 is 3.07 bits per heavy atom. The molecular weight excluding hydrogens is 178 g/mol. The van der Waals surface area contributed by atoms with Crippen molar-refractivity contribution >= 4 is 10.9 Å². The number of hydrogen-bond acceptors (Lipinski definition) is 2. The van der Waals surface area contributed by atoms with E-state index in [4.69, 9.17) is 9.84 Å². The van der Waals surface area contributed by atoms with Crippen molar-refractivity contribution in [1.82, 2.24) is 4.57 Å². The van der Waals surface area contributed by atoms with Crippen LogP contribution in [0.1, 0.15) is 0 Å². The maximum Gasteiger partial charge on any atom is 0.123 e. The number of nitrogens with zero attached hydrogens (tertiary/aromatic N) is 1. The number of aliphatic hydroxyl groups excluding tert-OH is 1. The number of fused-ring (bicyclic) bond motifs is 1. The number of benzene rings is 1. The molecule has 3 heteroatoms. The lowest BCUT2D eigenvalue weighted by atomic mass is 10.2. The Labute approximate surface area is 82.5 Å². The molecule has 0 aliphatic rings. The molecule has 1 aromatic heterocycles. The summed E-state index contributed by atoms with van der Waals surface area (Å²) >= 11 is 0. The summed E-state index contributed by atoms with van der Waals surface area (Å²) in [5, 5.41) is 9.65. The summed E-state index contributed by atoms with van der Waals surface area (Å²) in [5.41, 5.74) is 1.10. The average molecular weight is 190 g/mol. The lowest BCUT2D eigenvalue weighted by Crippen LogP contribution is -2.04. The van der Waals surface area contributed by atoms with Gasteiger partial charge >= 0.3 is 0 Å². The number of para-hydroxylation sites is 1. The van der Waals surface area contributed by atoms with E-state index in [-0.39, 0.29) is 6.61 Å². The van der Waals surface area contributed by atoms with Gasteiger partial charge in [-0.1, -0.05) is 18.2 Å². The van der Waals surface area contributed by atoms with E-state index in [1.807, 2.05) is 35.0 Å². The highest BCUT2D eigenvalue weighted by molar-refractivity contribution is 5.79. The van der Waals surface area contributed by atoms with Gasteiger partial charge in [0.1, 0.15) is 6.73 Å². The largest absolute Gasteiger partial charge is 0.394 e. The smallest absolute Gasteiger partial charge is 0.123 e. The molecule has 0 aliphatic heterocycles. The highest BCUT2D eigenvalue weighted by Crippen LogP contribution is 2.13. The second-order valence-corrected chi connectivity index (χ2v) is 3.02. The number of aromatic nitrogens is 1. The van der Waals surface area contributed by atoms with Crippen molar-refractivity contribution < 1.29 is 9.84 Å². The predicted octanol–water partition coefficient (Wildman–Crippen LogP) is 1.41. The molecule has 3 nitrogen and oxygen atoms in total. The van der Waals surface area contributed by atoms with Crippen LogP contribution in [0.5, 0.6) is 0 Å². The molecule has 0 atom stereocenters. The van der Waals surface area contributed by atoms with Gasteiger partial charge in [0, 0.05) is 17.6 Å². The first kappa shape index (κ1) is 9.24. The topological polar surface area (TPSA) is 34.4 Å². The van der Waals surface area contributed by atoms with Crippen LogP contribution < -0.4 is 0 Å². The fourth-order valence-corrected chi connectivity index (χ4v) is 1.40. The van der Waals surface area contributed by atoms with Crippen molar-refractivity contribution in [3.8, 4) is 0 Å². The molecule has 0 unspecified atom stereocenters. The van der Waals surface area contributed by atoms with E-state index in [1.54, 1.807) is 0 Å². The van der Waals surface area contributed by atoms with Gasteiger partial charge in [-0.3, -0.25) is 0 Å². The summed E-state index contributed by atoms with van der Waals surface area (Å²) in [5.74, 6) is 0. The summed E-state index contributed by atoms with van der Waals surface area (Å²) in [4.78, 5) is 0. The monoisotopic (exact) mass is 190 g/mol. The molecule has 1 aromatic carbocycles. The Bertz CT molecular complexity index is 408. The zero-order valence-electron chi connectivity index (χ0n) is 7.81. The Morgan fingerprint density at radius 2 is 2.21 bits per heavy atom. The van der Waals surface area contributed by atoms with E-state index in [1.165, 1.54) is 0 Å². The lowest BCUT2D eigenvalue weighted by Gasteiger charge is -2.05. The third kappa shape index (κ3) is 1.78. The van der Waals surface area contributed by atoms with Crippen LogP contribution in [0.3, 0.4) is 0 Å². The summed E-state index contributed by atoms with van der Waals surface area (Å²) < 4.78 is 7.19. The maximum absolute atomic E-state index is 8.57. The third-order valence-corrected chi connectivity index (χ3v) is 2.06. The van der Waals surface area contributed by atoms with Gasteiger partial charge in [-0.05, 0) is 6.07 Å². The molecule has 0 aliphatic carbocycles. The quantitative estimate of drug-likeness (QED) is 0.740. The van der Waals surface area contributed by atoms with Crippen molar-refractivity contribution in [2.45, 2.75) is 6.73 Å². The van der Waals surface area contributed by atoms with E-state index < -0.39 is 0 Å². The fraction of sp³-hybridized carbons (Fsp3) is 0.273. The van der Waals surface area contributed by atoms with Crippen molar-refractivity contribution in [1.29, 1.82) is 0 Å². The minimum absolute atomic E-state index is 0.0584. The molecule has 14 heavy (non-hydrogen) atoms. The van der Waals surface area contributed by atoms with Gasteiger partial charge in [0.05, 0.1) is 18.7 Å². The zero-order valence-corrected chi connectivity index (χ0v) is 7.81. The normalized spacial score (nSPS) is 10.9. The zero-order chi connectivity index (χ0) is 9.80. The minimum atomic E-state index is 0.0584.